The van der Waals surface area contributed by atoms with Crippen LogP contribution in [0, 0.1) is 0 Å². The smallest absolute Gasteiger partial charge is 0.241 e. The molecule has 0 aliphatic rings. The first-order valence-electron chi connectivity index (χ1n) is 7.27. The van der Waals surface area contributed by atoms with Crippen LogP contribution in [0.1, 0.15) is 32.2 Å². The minimum Gasteiger partial charge on any atom is -0.325 e. The van der Waals surface area contributed by atoms with Crippen molar-refractivity contribution < 1.29 is 4.79 Å². The Kier molecular flexibility index (Phi) is 5.47. The molecule has 0 unspecified atom stereocenters. The highest BCUT2D eigenvalue weighted by Gasteiger charge is 2.19. The summed E-state index contributed by atoms with van der Waals surface area (Å²) in [6.07, 6.45) is 2.69. The average molecular weight is 338 g/mol. The molecule has 0 radical (unpaired) electrons. The van der Waals surface area contributed by atoms with E-state index < -0.39 is 6.04 Å². The summed E-state index contributed by atoms with van der Waals surface area (Å²) in [5, 5.41) is 4.00. The Morgan fingerprint density at radius 1 is 1.45 bits per heavy atom. The lowest BCUT2D eigenvalue weighted by atomic mass is 9.98. The van der Waals surface area contributed by atoms with Gasteiger partial charge in [-0.15, -0.1) is 11.3 Å². The fourth-order valence-electron chi connectivity index (χ4n) is 1.93. The Morgan fingerprint density at radius 3 is 2.82 bits per heavy atom. The van der Waals surface area contributed by atoms with E-state index in [2.05, 4.69) is 31.1 Å². The fourth-order valence-corrected chi connectivity index (χ4v) is 3.49. The van der Waals surface area contributed by atoms with Gasteiger partial charge in [-0.2, -0.15) is 11.8 Å². The summed E-state index contributed by atoms with van der Waals surface area (Å²) in [5.41, 5.74) is 7.68. The molecule has 0 aliphatic carbocycles. The van der Waals surface area contributed by atoms with Crippen molar-refractivity contribution in [3.05, 3.63) is 23.2 Å². The quantitative estimate of drug-likeness (QED) is 0.874. The molecule has 0 spiro atoms. The maximum absolute atomic E-state index is 12.1. The van der Waals surface area contributed by atoms with Crippen molar-refractivity contribution in [2.75, 3.05) is 17.3 Å². The molecule has 2 rings (SSSR count). The molecule has 0 aliphatic heterocycles. The van der Waals surface area contributed by atoms with Gasteiger partial charge in [0.25, 0.3) is 0 Å². The first kappa shape index (κ1) is 17.2. The highest BCUT2D eigenvalue weighted by atomic mass is 32.2. The number of nitrogens with zero attached hydrogens (tertiary/aromatic N) is 1. The third kappa shape index (κ3) is 4.21. The lowest BCUT2D eigenvalue weighted by Gasteiger charge is -2.13. The van der Waals surface area contributed by atoms with Crippen LogP contribution in [-0.2, 0) is 10.2 Å². The molecule has 120 valence electrons. The van der Waals surface area contributed by atoms with Crippen LogP contribution in [0.5, 0.6) is 0 Å². The van der Waals surface area contributed by atoms with Gasteiger partial charge in [0, 0.05) is 11.1 Å². The normalized spacial score (nSPS) is 13.3. The standard InChI is InChI=1S/C16H23N3OS2/c1-16(2,3)15-19-12-6-5-10(9-13(12)22-15)18-14(20)11(17)7-8-21-4/h5-6,9,11H,7-8,17H2,1-4H3,(H,18,20)/t11-/m0/s1. The van der Waals surface area contributed by atoms with Crippen molar-refractivity contribution in [3.8, 4) is 0 Å². The Labute approximate surface area is 139 Å². The van der Waals surface area contributed by atoms with Gasteiger partial charge in [0.1, 0.15) is 0 Å². The Balaban J connectivity index is 2.14. The van der Waals surface area contributed by atoms with Crippen LogP contribution in [0.25, 0.3) is 10.2 Å². The van der Waals surface area contributed by atoms with Crippen molar-refractivity contribution in [2.45, 2.75) is 38.6 Å². The number of carbonyl (C=O) groups excluding carboxylic acids is 1. The topological polar surface area (TPSA) is 68.0 Å². The van der Waals surface area contributed by atoms with Crippen LogP contribution in [0.3, 0.4) is 0 Å². The molecule has 1 amide bonds. The number of benzene rings is 1. The number of aromatic nitrogens is 1. The van der Waals surface area contributed by atoms with Crippen LogP contribution in [0.15, 0.2) is 18.2 Å². The number of nitrogens with two attached hydrogens (primary N) is 1. The van der Waals surface area contributed by atoms with E-state index >= 15 is 0 Å². The molecule has 2 aromatic rings. The van der Waals surface area contributed by atoms with Gasteiger partial charge in [-0.25, -0.2) is 4.98 Å². The average Bonchev–Trinajstić information content (AvgIpc) is 2.87. The summed E-state index contributed by atoms with van der Waals surface area (Å²) in [5.74, 6) is 0.756. The predicted octanol–water partition coefficient (Wildman–Crippen LogP) is 3.61. The monoisotopic (exact) mass is 337 g/mol. The van der Waals surface area contributed by atoms with E-state index in [4.69, 9.17) is 5.73 Å². The van der Waals surface area contributed by atoms with Gasteiger partial charge >= 0.3 is 0 Å². The maximum Gasteiger partial charge on any atom is 0.241 e. The maximum atomic E-state index is 12.1. The third-order valence-electron chi connectivity index (χ3n) is 3.27. The van der Waals surface area contributed by atoms with Gasteiger partial charge in [0.05, 0.1) is 21.3 Å². The first-order valence-corrected chi connectivity index (χ1v) is 9.49. The number of hydrogen-bond acceptors (Lipinski definition) is 5. The third-order valence-corrected chi connectivity index (χ3v) is 5.36. The van der Waals surface area contributed by atoms with E-state index in [0.29, 0.717) is 6.42 Å². The van der Waals surface area contributed by atoms with Gasteiger partial charge in [-0.1, -0.05) is 20.8 Å². The molecule has 1 aromatic carbocycles. The number of hydrogen-bond donors (Lipinski definition) is 2. The highest BCUT2D eigenvalue weighted by molar-refractivity contribution is 7.98. The van der Waals surface area contributed by atoms with E-state index in [0.717, 1.165) is 26.7 Å². The van der Waals surface area contributed by atoms with E-state index in [-0.39, 0.29) is 11.3 Å². The summed E-state index contributed by atoms with van der Waals surface area (Å²) in [6, 6.07) is 5.34. The minimum atomic E-state index is -0.463. The Bertz CT molecular complexity index is 661. The van der Waals surface area contributed by atoms with E-state index in [9.17, 15) is 4.79 Å². The molecule has 0 bridgehead atoms. The van der Waals surface area contributed by atoms with E-state index in [1.54, 1.807) is 23.1 Å². The van der Waals surface area contributed by atoms with Crippen molar-refractivity contribution >= 4 is 44.9 Å². The summed E-state index contributed by atoms with van der Waals surface area (Å²) in [4.78, 5) is 16.7. The largest absolute Gasteiger partial charge is 0.325 e. The second-order valence-corrected chi connectivity index (χ2v) is 8.34. The van der Waals surface area contributed by atoms with Crippen molar-refractivity contribution in [3.63, 3.8) is 0 Å². The molecule has 0 saturated heterocycles. The van der Waals surface area contributed by atoms with Gasteiger partial charge < -0.3 is 11.1 Å². The molecular weight excluding hydrogens is 314 g/mol. The van der Waals surface area contributed by atoms with Crippen molar-refractivity contribution in [1.82, 2.24) is 4.98 Å². The van der Waals surface area contributed by atoms with Crippen LogP contribution in [0.4, 0.5) is 5.69 Å². The summed E-state index contributed by atoms with van der Waals surface area (Å²) < 4.78 is 1.08. The van der Waals surface area contributed by atoms with Crippen LogP contribution in [0.2, 0.25) is 0 Å². The molecule has 1 aromatic heterocycles. The number of nitrogens with one attached hydrogen (secondary N) is 1. The number of thioether (sulfide) groups is 1. The van der Waals surface area contributed by atoms with Gasteiger partial charge in [-0.3, -0.25) is 4.79 Å². The lowest BCUT2D eigenvalue weighted by molar-refractivity contribution is -0.117. The zero-order valence-electron chi connectivity index (χ0n) is 13.5. The summed E-state index contributed by atoms with van der Waals surface area (Å²) in [6.45, 7) is 6.45. The minimum absolute atomic E-state index is 0.0350. The molecule has 6 heteroatoms. The second-order valence-electron chi connectivity index (χ2n) is 6.33. The number of fused-ring (bicyclic) bond motifs is 1. The molecule has 0 fully saturated rings. The van der Waals surface area contributed by atoms with Crippen LogP contribution >= 0.6 is 23.1 Å². The zero-order valence-corrected chi connectivity index (χ0v) is 15.1. The predicted molar refractivity (Wildman–Crippen MR) is 97.9 cm³/mol. The second kappa shape index (κ2) is 6.98. The number of carbonyl (C=O) groups is 1. The Morgan fingerprint density at radius 2 is 2.18 bits per heavy atom. The first-order chi connectivity index (χ1) is 10.3. The lowest BCUT2D eigenvalue weighted by Crippen LogP contribution is -2.36. The van der Waals surface area contributed by atoms with Crippen molar-refractivity contribution in [1.29, 1.82) is 0 Å². The number of anilines is 1. The van der Waals surface area contributed by atoms with E-state index in [1.807, 2.05) is 24.5 Å². The molecule has 4 nitrogen and oxygen atoms in total. The van der Waals surface area contributed by atoms with Gasteiger partial charge in [-0.05, 0) is 36.6 Å². The molecule has 0 saturated carbocycles. The number of thiazole rings is 1. The molecule has 1 atom stereocenters. The zero-order chi connectivity index (χ0) is 16.3. The van der Waals surface area contributed by atoms with E-state index in [1.165, 1.54) is 0 Å². The number of amides is 1. The number of rotatable bonds is 5. The summed E-state index contributed by atoms with van der Waals surface area (Å²) in [7, 11) is 0. The van der Waals surface area contributed by atoms with Gasteiger partial charge in [0.2, 0.25) is 5.91 Å². The molecule has 3 N–H and O–H groups in total. The molecule has 1 heterocycles. The fraction of sp³-hybridized carbons (Fsp3) is 0.500. The van der Waals surface area contributed by atoms with Crippen molar-refractivity contribution in [2.24, 2.45) is 5.73 Å². The molecular formula is C16H23N3OS2. The SMILES string of the molecule is CSCC[C@H](N)C(=O)Nc1ccc2nc(C(C)(C)C)sc2c1. The summed E-state index contributed by atoms with van der Waals surface area (Å²) >= 11 is 3.36. The van der Waals surface area contributed by atoms with Gasteiger partial charge in [0.15, 0.2) is 0 Å². The Hall–Kier alpha value is -1.11. The highest BCUT2D eigenvalue weighted by Crippen LogP contribution is 2.32. The molecule has 22 heavy (non-hydrogen) atoms. The van der Waals surface area contributed by atoms with Crippen LogP contribution in [-0.4, -0.2) is 28.9 Å². The van der Waals surface area contributed by atoms with Crippen LogP contribution < -0.4 is 11.1 Å².